The number of hydrogen-bond donors (Lipinski definition) is 2. The van der Waals surface area contributed by atoms with Crippen molar-refractivity contribution in [3.63, 3.8) is 0 Å². The van der Waals surface area contributed by atoms with E-state index in [1.165, 1.54) is 36.0 Å². The third kappa shape index (κ3) is 3.59. The highest BCUT2D eigenvalue weighted by Crippen LogP contribution is 2.48. The van der Waals surface area contributed by atoms with Crippen LogP contribution in [0.4, 0.5) is 0 Å². The Morgan fingerprint density at radius 2 is 1.79 bits per heavy atom. The molecular weight excluding hydrogens is 348 g/mol. The van der Waals surface area contributed by atoms with Gasteiger partial charge in [-0.1, -0.05) is 54.6 Å². The molecule has 146 valence electrons. The lowest BCUT2D eigenvalue weighted by molar-refractivity contribution is -0.144. The highest BCUT2D eigenvalue weighted by molar-refractivity contribution is 5.74. The fourth-order valence-corrected chi connectivity index (χ4v) is 4.82. The van der Waals surface area contributed by atoms with E-state index < -0.39 is 12.0 Å². The second kappa shape index (κ2) is 7.02. The molecule has 0 radical (unpaired) electrons. The molecule has 4 heteroatoms. The van der Waals surface area contributed by atoms with Gasteiger partial charge in [-0.3, -0.25) is 9.69 Å². The minimum absolute atomic E-state index is 0.254. The number of carboxylic acid groups (broad SMARTS) is 1. The summed E-state index contributed by atoms with van der Waals surface area (Å²) in [6.45, 7) is 2.64. The predicted molar refractivity (Wildman–Crippen MR) is 109 cm³/mol. The van der Waals surface area contributed by atoms with Crippen LogP contribution in [0.2, 0.25) is 0 Å². The van der Waals surface area contributed by atoms with Gasteiger partial charge in [-0.15, -0.1) is 0 Å². The first-order chi connectivity index (χ1) is 13.6. The van der Waals surface area contributed by atoms with Gasteiger partial charge in [0, 0.05) is 31.6 Å². The molecule has 3 aliphatic rings. The van der Waals surface area contributed by atoms with E-state index in [1.807, 2.05) is 6.07 Å². The van der Waals surface area contributed by atoms with Crippen molar-refractivity contribution in [3.8, 4) is 0 Å². The van der Waals surface area contributed by atoms with Crippen molar-refractivity contribution in [3.05, 3.63) is 71.3 Å². The number of nitrogens with zero attached hydrogens (tertiary/aromatic N) is 1. The van der Waals surface area contributed by atoms with E-state index in [-0.39, 0.29) is 5.41 Å². The number of fused-ring (bicyclic) bond motifs is 1. The highest BCUT2D eigenvalue weighted by atomic mass is 16.4. The van der Waals surface area contributed by atoms with Gasteiger partial charge in [0.1, 0.15) is 6.04 Å². The first-order valence-corrected chi connectivity index (χ1v) is 10.5. The molecule has 0 aromatic heterocycles. The molecule has 2 saturated carbocycles. The molecule has 1 aliphatic heterocycles. The predicted octanol–water partition coefficient (Wildman–Crippen LogP) is 3.42. The molecule has 4 nitrogen and oxygen atoms in total. The maximum absolute atomic E-state index is 11.9. The zero-order valence-electron chi connectivity index (χ0n) is 16.2. The summed E-state index contributed by atoms with van der Waals surface area (Å²) >= 11 is 0. The van der Waals surface area contributed by atoms with Crippen molar-refractivity contribution in [2.24, 2.45) is 5.41 Å². The minimum atomic E-state index is -0.690. The lowest BCUT2D eigenvalue weighted by Crippen LogP contribution is -2.49. The fraction of sp³-hybridized carbons (Fsp3) is 0.458. The zero-order chi connectivity index (χ0) is 19.1. The first kappa shape index (κ1) is 17.9. The van der Waals surface area contributed by atoms with Gasteiger partial charge in [0.05, 0.1) is 0 Å². The summed E-state index contributed by atoms with van der Waals surface area (Å²) in [6, 6.07) is 19.2. The Hall–Kier alpha value is -2.17. The van der Waals surface area contributed by atoms with Gasteiger partial charge >= 0.3 is 5.97 Å². The Morgan fingerprint density at radius 3 is 2.50 bits per heavy atom. The number of rotatable bonds is 7. The molecule has 3 atom stereocenters. The zero-order valence-corrected chi connectivity index (χ0v) is 16.2. The SMILES string of the molecule is O=C(O)[C@H]1Cc2ccccc2CN1CC1(CN[C@H]2C[C@@H]2c2ccccc2)CC1. The third-order valence-electron chi connectivity index (χ3n) is 6.88. The number of nitrogens with one attached hydrogen (secondary N) is 1. The highest BCUT2D eigenvalue weighted by Gasteiger charge is 2.48. The average molecular weight is 377 g/mol. The quantitative estimate of drug-likeness (QED) is 0.777. The molecule has 2 aromatic rings. The van der Waals surface area contributed by atoms with Gasteiger partial charge in [0.2, 0.25) is 0 Å². The Morgan fingerprint density at radius 1 is 1.07 bits per heavy atom. The van der Waals surface area contributed by atoms with Crippen molar-refractivity contribution >= 4 is 5.97 Å². The van der Waals surface area contributed by atoms with Crippen molar-refractivity contribution in [1.29, 1.82) is 0 Å². The van der Waals surface area contributed by atoms with E-state index in [4.69, 9.17) is 0 Å². The molecule has 0 bridgehead atoms. The van der Waals surface area contributed by atoms with Gasteiger partial charge in [-0.05, 0) is 47.8 Å². The van der Waals surface area contributed by atoms with Crippen LogP contribution in [0, 0.1) is 5.41 Å². The fourth-order valence-electron chi connectivity index (χ4n) is 4.82. The number of benzene rings is 2. The van der Waals surface area contributed by atoms with E-state index in [0.29, 0.717) is 18.4 Å². The van der Waals surface area contributed by atoms with E-state index >= 15 is 0 Å². The van der Waals surface area contributed by atoms with E-state index in [1.54, 1.807) is 0 Å². The van der Waals surface area contributed by atoms with Crippen LogP contribution in [0.15, 0.2) is 54.6 Å². The number of carbonyl (C=O) groups is 1. The average Bonchev–Trinajstić information content (AvgIpc) is 3.63. The van der Waals surface area contributed by atoms with Gasteiger partial charge < -0.3 is 10.4 Å². The maximum atomic E-state index is 11.9. The van der Waals surface area contributed by atoms with Gasteiger partial charge in [-0.2, -0.15) is 0 Å². The van der Waals surface area contributed by atoms with Crippen LogP contribution in [-0.2, 0) is 17.8 Å². The molecule has 28 heavy (non-hydrogen) atoms. The number of aliphatic carboxylic acids is 1. The summed E-state index contributed by atoms with van der Waals surface area (Å²) in [5.41, 5.74) is 4.17. The molecule has 0 spiro atoms. The van der Waals surface area contributed by atoms with Crippen molar-refractivity contribution in [2.45, 2.75) is 50.2 Å². The molecule has 2 fully saturated rings. The van der Waals surface area contributed by atoms with Gasteiger partial charge in [0.15, 0.2) is 0 Å². The Bertz CT molecular complexity index is 862. The second-order valence-electron chi connectivity index (χ2n) is 8.97. The maximum Gasteiger partial charge on any atom is 0.321 e. The van der Waals surface area contributed by atoms with Crippen LogP contribution in [0.3, 0.4) is 0 Å². The summed E-state index contributed by atoms with van der Waals surface area (Å²) in [5.74, 6) is -0.0461. The van der Waals surface area contributed by atoms with E-state index in [9.17, 15) is 9.90 Å². The van der Waals surface area contributed by atoms with Crippen molar-refractivity contribution in [2.75, 3.05) is 13.1 Å². The molecule has 0 saturated heterocycles. The van der Waals surface area contributed by atoms with Crippen molar-refractivity contribution < 1.29 is 9.90 Å². The first-order valence-electron chi connectivity index (χ1n) is 10.5. The summed E-state index contributed by atoms with van der Waals surface area (Å²) in [5, 5.41) is 13.6. The van der Waals surface area contributed by atoms with Crippen LogP contribution in [0.1, 0.15) is 41.9 Å². The van der Waals surface area contributed by atoms with E-state index in [0.717, 1.165) is 19.6 Å². The van der Waals surface area contributed by atoms with Crippen LogP contribution < -0.4 is 5.32 Å². The molecule has 2 N–H and O–H groups in total. The topological polar surface area (TPSA) is 52.6 Å². The van der Waals surface area contributed by atoms with Crippen LogP contribution >= 0.6 is 0 Å². The standard InChI is InChI=1S/C24H28N2O2/c27-23(28)22-12-18-8-4-5-9-19(18)14-26(22)16-24(10-11-24)15-25-21-13-20(21)17-6-2-1-3-7-17/h1-9,20-22,25H,10-16H2,(H,27,28)/t20-,21+,22-/m1/s1. The Labute approximate surface area is 166 Å². The summed E-state index contributed by atoms with van der Waals surface area (Å²) in [4.78, 5) is 14.1. The number of hydrogen-bond acceptors (Lipinski definition) is 3. The largest absolute Gasteiger partial charge is 0.480 e. The monoisotopic (exact) mass is 376 g/mol. The van der Waals surface area contributed by atoms with Crippen LogP contribution in [0.25, 0.3) is 0 Å². The summed E-state index contributed by atoms with van der Waals surface area (Å²) < 4.78 is 0. The molecule has 0 amide bonds. The van der Waals surface area contributed by atoms with Gasteiger partial charge in [-0.25, -0.2) is 0 Å². The van der Waals surface area contributed by atoms with Gasteiger partial charge in [0.25, 0.3) is 0 Å². The summed E-state index contributed by atoms with van der Waals surface area (Å²) in [6.07, 6.45) is 4.24. The van der Waals surface area contributed by atoms with Crippen molar-refractivity contribution in [1.82, 2.24) is 10.2 Å². The molecule has 2 aromatic carbocycles. The normalized spacial score (nSPS) is 27.8. The molecule has 5 rings (SSSR count). The smallest absolute Gasteiger partial charge is 0.321 e. The second-order valence-corrected chi connectivity index (χ2v) is 8.97. The molecule has 0 unspecified atom stereocenters. The lowest BCUT2D eigenvalue weighted by atomic mass is 9.92. The van der Waals surface area contributed by atoms with Crippen LogP contribution in [-0.4, -0.2) is 41.1 Å². The Balaban J connectivity index is 1.21. The minimum Gasteiger partial charge on any atom is -0.480 e. The third-order valence-corrected chi connectivity index (χ3v) is 6.88. The molecule has 2 aliphatic carbocycles. The Kier molecular flexibility index (Phi) is 4.48. The lowest BCUT2D eigenvalue weighted by Gasteiger charge is -2.37. The molecule has 1 heterocycles. The summed E-state index contributed by atoms with van der Waals surface area (Å²) in [7, 11) is 0. The number of carboxylic acids is 1. The van der Waals surface area contributed by atoms with Crippen LogP contribution in [0.5, 0.6) is 0 Å². The molecular formula is C24H28N2O2. The van der Waals surface area contributed by atoms with E-state index in [2.05, 4.69) is 58.7 Å².